The number of aryl methyl sites for hydroxylation is 1. The molecule has 0 radical (unpaired) electrons. The van der Waals surface area contributed by atoms with E-state index in [1.807, 2.05) is 35.0 Å². The lowest BCUT2D eigenvalue weighted by molar-refractivity contribution is -0.258. The van der Waals surface area contributed by atoms with Gasteiger partial charge in [0, 0.05) is 25.2 Å². The first-order valence-corrected chi connectivity index (χ1v) is 8.51. The molecule has 6 nitrogen and oxygen atoms in total. The van der Waals surface area contributed by atoms with Crippen LogP contribution in [-0.2, 0) is 12.1 Å². The van der Waals surface area contributed by atoms with Crippen molar-refractivity contribution in [3.63, 3.8) is 0 Å². The molecule has 0 bridgehead atoms. The zero-order valence-corrected chi connectivity index (χ0v) is 15.2. The Hall–Kier alpha value is -1.81. The highest BCUT2D eigenvalue weighted by Crippen LogP contribution is 2.41. The van der Waals surface area contributed by atoms with Gasteiger partial charge in [0.15, 0.2) is 5.84 Å². The van der Waals surface area contributed by atoms with Crippen LogP contribution in [0, 0.1) is 6.92 Å². The molecule has 1 N–H and O–H groups in total. The van der Waals surface area contributed by atoms with E-state index in [1.54, 1.807) is 6.92 Å². The van der Waals surface area contributed by atoms with Gasteiger partial charge in [-0.25, -0.2) is 9.98 Å². The number of nitrogens with zero attached hydrogens (tertiary/aromatic N) is 5. The quantitative estimate of drug-likeness (QED) is 0.877. The lowest BCUT2D eigenvalue weighted by Gasteiger charge is -2.34. The average molecular weight is 375 g/mol. The van der Waals surface area contributed by atoms with E-state index < -0.39 is 11.8 Å². The summed E-state index contributed by atoms with van der Waals surface area (Å²) >= 11 is 0.881. The smallest absolute Gasteiger partial charge is 0.375 e. The molecule has 0 amide bonds. The van der Waals surface area contributed by atoms with E-state index in [2.05, 4.69) is 9.98 Å². The standard InChI is InChI=1S/C15H20F3N5OS/c1-9-10(20-13(25-9)14(2,24)15(16,17)18)5-23-6-11-12(22(4)8-23)19-7-21(11)3/h6,24H,5,7-8H2,1-4H3. The molecule has 2 aliphatic heterocycles. The maximum Gasteiger partial charge on any atom is 0.423 e. The Kier molecular flexibility index (Phi) is 4.23. The first-order chi connectivity index (χ1) is 11.5. The molecule has 0 saturated heterocycles. The Labute approximate surface area is 147 Å². The van der Waals surface area contributed by atoms with Gasteiger partial charge in [0.25, 0.3) is 0 Å². The van der Waals surface area contributed by atoms with Gasteiger partial charge in [-0.05, 0) is 13.8 Å². The van der Waals surface area contributed by atoms with E-state index in [4.69, 9.17) is 0 Å². The summed E-state index contributed by atoms with van der Waals surface area (Å²) < 4.78 is 39.1. The topological polar surface area (TPSA) is 55.2 Å². The van der Waals surface area contributed by atoms with Crippen molar-refractivity contribution in [1.29, 1.82) is 0 Å². The molecular weight excluding hydrogens is 355 g/mol. The van der Waals surface area contributed by atoms with Crippen LogP contribution in [0.2, 0.25) is 0 Å². The fourth-order valence-electron chi connectivity index (χ4n) is 2.72. The van der Waals surface area contributed by atoms with Crippen molar-refractivity contribution < 1.29 is 18.3 Å². The molecule has 0 aliphatic carbocycles. The van der Waals surface area contributed by atoms with Gasteiger partial charge in [-0.15, -0.1) is 11.3 Å². The number of thiazole rings is 1. The zero-order chi connectivity index (χ0) is 18.6. The van der Waals surface area contributed by atoms with Crippen LogP contribution in [-0.4, -0.2) is 64.2 Å². The normalized spacial score (nSPS) is 20.4. The second-order valence-corrected chi connectivity index (χ2v) is 7.72. The summed E-state index contributed by atoms with van der Waals surface area (Å²) in [5.74, 6) is 0.912. The number of fused-ring (bicyclic) bond motifs is 1. The molecule has 10 heteroatoms. The van der Waals surface area contributed by atoms with E-state index in [0.717, 1.165) is 29.8 Å². The predicted octanol–water partition coefficient (Wildman–Crippen LogP) is 2.07. The fraction of sp³-hybridized carbons (Fsp3) is 0.600. The summed E-state index contributed by atoms with van der Waals surface area (Å²) in [6.07, 6.45) is -2.81. The number of aliphatic hydroxyl groups is 1. The Balaban J connectivity index is 1.84. The number of alkyl halides is 3. The molecule has 25 heavy (non-hydrogen) atoms. The highest BCUT2D eigenvalue weighted by Gasteiger charge is 2.53. The summed E-state index contributed by atoms with van der Waals surface area (Å²) in [5.41, 5.74) is -1.43. The third kappa shape index (κ3) is 3.08. The van der Waals surface area contributed by atoms with Gasteiger partial charge >= 0.3 is 6.18 Å². The molecule has 2 aliphatic rings. The van der Waals surface area contributed by atoms with Crippen molar-refractivity contribution in [2.45, 2.75) is 32.2 Å². The summed E-state index contributed by atoms with van der Waals surface area (Å²) in [4.78, 5) is 15.2. The molecule has 3 rings (SSSR count). The Morgan fingerprint density at radius 1 is 1.28 bits per heavy atom. The average Bonchev–Trinajstić information content (AvgIpc) is 3.03. The highest BCUT2D eigenvalue weighted by atomic mass is 32.1. The fourth-order valence-corrected chi connectivity index (χ4v) is 3.71. The Morgan fingerprint density at radius 3 is 2.60 bits per heavy atom. The molecule has 3 heterocycles. The zero-order valence-electron chi connectivity index (χ0n) is 14.4. The van der Waals surface area contributed by atoms with Crippen molar-refractivity contribution in [1.82, 2.24) is 19.7 Å². The van der Waals surface area contributed by atoms with Gasteiger partial charge in [-0.3, -0.25) is 0 Å². The monoisotopic (exact) mass is 375 g/mol. The molecule has 0 spiro atoms. The molecule has 1 aromatic heterocycles. The molecule has 0 fully saturated rings. The number of aliphatic imine (C=N–C) groups is 1. The van der Waals surface area contributed by atoms with Crippen LogP contribution in [0.5, 0.6) is 0 Å². The second-order valence-electron chi connectivity index (χ2n) is 6.51. The molecule has 138 valence electrons. The van der Waals surface area contributed by atoms with Crippen molar-refractivity contribution >= 4 is 17.2 Å². The van der Waals surface area contributed by atoms with E-state index >= 15 is 0 Å². The maximum atomic E-state index is 13.0. The van der Waals surface area contributed by atoms with Crippen LogP contribution >= 0.6 is 11.3 Å². The van der Waals surface area contributed by atoms with Crippen molar-refractivity contribution in [2.24, 2.45) is 4.99 Å². The largest absolute Gasteiger partial charge is 0.423 e. The highest BCUT2D eigenvalue weighted by molar-refractivity contribution is 7.11. The molecule has 0 aromatic carbocycles. The minimum absolute atomic E-state index is 0.328. The summed E-state index contributed by atoms with van der Waals surface area (Å²) in [7, 11) is 3.86. The Bertz CT molecular complexity index is 740. The molecule has 0 saturated carbocycles. The van der Waals surface area contributed by atoms with Crippen molar-refractivity contribution in [2.75, 3.05) is 27.4 Å². The van der Waals surface area contributed by atoms with Gasteiger partial charge in [-0.1, -0.05) is 0 Å². The van der Waals surface area contributed by atoms with E-state index in [0.29, 0.717) is 30.5 Å². The predicted molar refractivity (Wildman–Crippen MR) is 88.8 cm³/mol. The molecule has 1 atom stereocenters. The first kappa shape index (κ1) is 18.0. The maximum absolute atomic E-state index is 13.0. The van der Waals surface area contributed by atoms with Crippen LogP contribution in [0.3, 0.4) is 0 Å². The molecular formula is C15H20F3N5OS. The van der Waals surface area contributed by atoms with Crippen LogP contribution in [0.4, 0.5) is 13.2 Å². The second kappa shape index (κ2) is 5.87. The van der Waals surface area contributed by atoms with E-state index in [1.165, 1.54) is 0 Å². The van der Waals surface area contributed by atoms with Crippen molar-refractivity contribution in [3.05, 3.63) is 27.5 Å². The minimum Gasteiger partial charge on any atom is -0.375 e. The van der Waals surface area contributed by atoms with Gasteiger partial charge in [-0.2, -0.15) is 13.2 Å². The lowest BCUT2D eigenvalue weighted by Crippen LogP contribution is -2.43. The van der Waals surface area contributed by atoms with Gasteiger partial charge in [0.1, 0.15) is 11.7 Å². The number of aromatic nitrogens is 1. The Morgan fingerprint density at radius 2 is 1.96 bits per heavy atom. The van der Waals surface area contributed by atoms with Crippen LogP contribution < -0.4 is 0 Å². The van der Waals surface area contributed by atoms with Gasteiger partial charge in [0.2, 0.25) is 5.60 Å². The number of hydrogen-bond donors (Lipinski definition) is 1. The SMILES string of the molecule is Cc1sc(C(C)(O)C(F)(F)F)nc1CN1C=C2C(=NCN2C)N(C)C1. The third-order valence-corrected chi connectivity index (χ3v) is 5.57. The van der Waals surface area contributed by atoms with Crippen LogP contribution in [0.1, 0.15) is 22.5 Å². The third-order valence-electron chi connectivity index (χ3n) is 4.35. The van der Waals surface area contributed by atoms with E-state index in [-0.39, 0.29) is 5.01 Å². The number of amidine groups is 1. The molecule has 1 aromatic rings. The van der Waals surface area contributed by atoms with E-state index in [9.17, 15) is 18.3 Å². The number of halogens is 3. The van der Waals surface area contributed by atoms with Crippen LogP contribution in [0.25, 0.3) is 0 Å². The van der Waals surface area contributed by atoms with Crippen LogP contribution in [0.15, 0.2) is 16.9 Å². The number of likely N-dealkylation sites (N-methyl/N-ethyl adjacent to an activating group) is 2. The van der Waals surface area contributed by atoms with Crippen molar-refractivity contribution in [3.8, 4) is 0 Å². The summed E-state index contributed by atoms with van der Waals surface area (Å²) in [6.45, 7) is 3.98. The lowest BCUT2D eigenvalue weighted by atomic mass is 10.1. The minimum atomic E-state index is -4.76. The first-order valence-electron chi connectivity index (χ1n) is 7.69. The van der Waals surface area contributed by atoms with Gasteiger partial charge in [0.05, 0.1) is 24.6 Å². The summed E-state index contributed by atoms with van der Waals surface area (Å²) in [5, 5.41) is 9.50. The number of hydrogen-bond acceptors (Lipinski definition) is 7. The van der Waals surface area contributed by atoms with Gasteiger partial charge < -0.3 is 19.8 Å². The molecule has 1 unspecified atom stereocenters. The summed E-state index contributed by atoms with van der Waals surface area (Å²) in [6, 6.07) is 0. The number of rotatable bonds is 3.